The van der Waals surface area contributed by atoms with Gasteiger partial charge in [0, 0.05) is 13.2 Å². The number of carbonyl (C=O) groups excluding carboxylic acids is 1. The van der Waals surface area contributed by atoms with E-state index in [2.05, 4.69) is 5.32 Å². The summed E-state index contributed by atoms with van der Waals surface area (Å²) in [5.41, 5.74) is 0.523. The number of nitrogens with one attached hydrogen (secondary N) is 1. The van der Waals surface area contributed by atoms with Crippen LogP contribution in [0.2, 0.25) is 0 Å². The highest BCUT2D eigenvalue weighted by Gasteiger charge is 2.27. The molecule has 7 nitrogen and oxygen atoms in total. The van der Waals surface area contributed by atoms with E-state index in [9.17, 15) is 9.59 Å². The Hall–Kier alpha value is -2.28. The number of amides is 2. The quantitative estimate of drug-likeness (QED) is 0.800. The zero-order chi connectivity index (χ0) is 15.2. The number of fused-ring (bicyclic) bond motifs is 1. The molecule has 0 aromatic heterocycles. The second-order valence-corrected chi connectivity index (χ2v) is 4.39. The fourth-order valence-electron chi connectivity index (χ4n) is 2.10. The standard InChI is InChI=1S/C14H18N2O5/c1-2-20-8-6-15-14(19)16-7-9-21-12-10(13(17)18)4-3-5-11(12)16/h3-5H,2,6-9H2,1H3,(H,15,19)(H,17,18). The molecule has 7 heteroatoms. The Morgan fingerprint density at radius 2 is 2.29 bits per heavy atom. The Morgan fingerprint density at radius 3 is 3.00 bits per heavy atom. The molecule has 21 heavy (non-hydrogen) atoms. The average Bonchev–Trinajstić information content (AvgIpc) is 2.50. The predicted octanol–water partition coefficient (Wildman–Crippen LogP) is 1.33. The van der Waals surface area contributed by atoms with E-state index in [0.717, 1.165) is 0 Å². The van der Waals surface area contributed by atoms with Gasteiger partial charge in [-0.25, -0.2) is 9.59 Å². The van der Waals surface area contributed by atoms with E-state index < -0.39 is 5.97 Å². The molecule has 0 saturated carbocycles. The number of urea groups is 1. The van der Waals surface area contributed by atoms with Crippen LogP contribution in [0, 0.1) is 0 Å². The predicted molar refractivity (Wildman–Crippen MR) is 76.1 cm³/mol. The van der Waals surface area contributed by atoms with Crippen molar-refractivity contribution in [2.45, 2.75) is 6.92 Å². The number of carbonyl (C=O) groups is 2. The summed E-state index contributed by atoms with van der Waals surface area (Å²) >= 11 is 0. The molecule has 0 fully saturated rings. The van der Waals surface area contributed by atoms with Gasteiger partial charge in [-0.2, -0.15) is 0 Å². The fraction of sp³-hybridized carbons (Fsp3) is 0.429. The number of carboxylic acid groups (broad SMARTS) is 1. The topological polar surface area (TPSA) is 88.1 Å². The molecule has 0 unspecified atom stereocenters. The summed E-state index contributed by atoms with van der Waals surface area (Å²) in [6, 6.07) is 4.43. The van der Waals surface area contributed by atoms with Crippen molar-refractivity contribution in [1.82, 2.24) is 5.32 Å². The lowest BCUT2D eigenvalue weighted by molar-refractivity contribution is 0.0692. The molecule has 0 saturated heterocycles. The van der Waals surface area contributed by atoms with Gasteiger partial charge in [-0.05, 0) is 19.1 Å². The number of anilines is 1. The van der Waals surface area contributed by atoms with Gasteiger partial charge in [-0.1, -0.05) is 6.07 Å². The van der Waals surface area contributed by atoms with Crippen LogP contribution in [0.5, 0.6) is 5.75 Å². The monoisotopic (exact) mass is 294 g/mol. The Balaban J connectivity index is 2.13. The third kappa shape index (κ3) is 3.43. The number of hydrogen-bond acceptors (Lipinski definition) is 4. The first-order valence-electron chi connectivity index (χ1n) is 6.77. The van der Waals surface area contributed by atoms with Crippen LogP contribution < -0.4 is 15.0 Å². The SMILES string of the molecule is CCOCCNC(=O)N1CCOc2c(C(=O)O)cccc21. The van der Waals surface area contributed by atoms with Crippen molar-refractivity contribution in [2.24, 2.45) is 0 Å². The number of aromatic carboxylic acids is 1. The van der Waals surface area contributed by atoms with E-state index >= 15 is 0 Å². The number of rotatable bonds is 5. The maximum atomic E-state index is 12.2. The van der Waals surface area contributed by atoms with Gasteiger partial charge in [0.15, 0.2) is 5.75 Å². The Labute approximate surface area is 122 Å². The minimum atomic E-state index is -1.08. The molecule has 1 aliphatic heterocycles. The van der Waals surface area contributed by atoms with Gasteiger partial charge in [-0.3, -0.25) is 4.90 Å². The zero-order valence-corrected chi connectivity index (χ0v) is 11.8. The number of nitrogens with zero attached hydrogens (tertiary/aromatic N) is 1. The maximum absolute atomic E-state index is 12.2. The molecular weight excluding hydrogens is 276 g/mol. The summed E-state index contributed by atoms with van der Waals surface area (Å²) in [5, 5.41) is 11.9. The van der Waals surface area contributed by atoms with Crippen LogP contribution in [-0.4, -0.2) is 50.0 Å². The molecule has 1 heterocycles. The largest absolute Gasteiger partial charge is 0.489 e. The second kappa shape index (κ2) is 6.94. The lowest BCUT2D eigenvalue weighted by Gasteiger charge is -2.30. The number of benzene rings is 1. The normalized spacial score (nSPS) is 13.3. The van der Waals surface area contributed by atoms with Crippen LogP contribution in [0.4, 0.5) is 10.5 Å². The number of hydrogen-bond donors (Lipinski definition) is 2. The van der Waals surface area contributed by atoms with Gasteiger partial charge < -0.3 is 19.9 Å². The molecule has 0 bridgehead atoms. The highest BCUT2D eigenvalue weighted by atomic mass is 16.5. The van der Waals surface area contributed by atoms with E-state index in [-0.39, 0.29) is 24.0 Å². The molecule has 2 N–H and O–H groups in total. The molecule has 2 amide bonds. The van der Waals surface area contributed by atoms with Gasteiger partial charge in [0.05, 0.1) is 18.8 Å². The molecule has 0 atom stereocenters. The molecule has 114 valence electrons. The fourth-order valence-corrected chi connectivity index (χ4v) is 2.10. The third-order valence-corrected chi connectivity index (χ3v) is 3.05. The summed E-state index contributed by atoms with van der Waals surface area (Å²) < 4.78 is 10.6. The molecule has 0 radical (unpaired) electrons. The molecule has 0 spiro atoms. The minimum Gasteiger partial charge on any atom is -0.489 e. The summed E-state index contributed by atoms with van der Waals surface area (Å²) in [7, 11) is 0. The lowest BCUT2D eigenvalue weighted by Crippen LogP contribution is -2.45. The summed E-state index contributed by atoms with van der Waals surface area (Å²) in [6.45, 7) is 3.95. The van der Waals surface area contributed by atoms with E-state index in [1.807, 2.05) is 6.92 Å². The molecule has 1 aliphatic rings. The van der Waals surface area contributed by atoms with Crippen LogP contribution >= 0.6 is 0 Å². The van der Waals surface area contributed by atoms with Crippen LogP contribution in [0.25, 0.3) is 0 Å². The molecule has 0 aliphatic carbocycles. The molecule has 2 rings (SSSR count). The van der Waals surface area contributed by atoms with Crippen molar-refractivity contribution in [1.29, 1.82) is 0 Å². The van der Waals surface area contributed by atoms with Crippen LogP contribution in [0.15, 0.2) is 18.2 Å². The van der Waals surface area contributed by atoms with Crippen molar-refractivity contribution in [3.05, 3.63) is 23.8 Å². The lowest BCUT2D eigenvalue weighted by atomic mass is 10.1. The van der Waals surface area contributed by atoms with Crippen LogP contribution in [0.1, 0.15) is 17.3 Å². The van der Waals surface area contributed by atoms with Gasteiger partial charge in [-0.15, -0.1) is 0 Å². The first-order valence-corrected chi connectivity index (χ1v) is 6.77. The highest BCUT2D eigenvalue weighted by Crippen LogP contribution is 2.34. The minimum absolute atomic E-state index is 0.0549. The number of ether oxygens (including phenoxy) is 2. The molecule has 1 aromatic rings. The van der Waals surface area contributed by atoms with Crippen molar-refractivity contribution < 1.29 is 24.2 Å². The molecule has 1 aromatic carbocycles. The first-order chi connectivity index (χ1) is 10.1. The van der Waals surface area contributed by atoms with Crippen molar-refractivity contribution >= 4 is 17.7 Å². The number of carboxylic acids is 1. The number of para-hydroxylation sites is 1. The average molecular weight is 294 g/mol. The molecular formula is C14H18N2O5. The summed E-state index contributed by atoms with van der Waals surface area (Å²) in [5.74, 6) is -0.846. The van der Waals surface area contributed by atoms with Gasteiger partial charge >= 0.3 is 12.0 Å². The van der Waals surface area contributed by atoms with Crippen LogP contribution in [-0.2, 0) is 4.74 Å². The van der Waals surface area contributed by atoms with E-state index in [4.69, 9.17) is 14.6 Å². The summed E-state index contributed by atoms with van der Waals surface area (Å²) in [4.78, 5) is 24.8. The smallest absolute Gasteiger partial charge is 0.339 e. The van der Waals surface area contributed by atoms with Gasteiger partial charge in [0.25, 0.3) is 0 Å². The van der Waals surface area contributed by atoms with Gasteiger partial charge in [0.2, 0.25) is 0 Å². The van der Waals surface area contributed by atoms with E-state index in [1.165, 1.54) is 11.0 Å². The van der Waals surface area contributed by atoms with Crippen molar-refractivity contribution in [3.63, 3.8) is 0 Å². The Morgan fingerprint density at radius 1 is 1.48 bits per heavy atom. The second-order valence-electron chi connectivity index (χ2n) is 4.39. The third-order valence-electron chi connectivity index (χ3n) is 3.05. The zero-order valence-electron chi connectivity index (χ0n) is 11.8. The highest BCUT2D eigenvalue weighted by molar-refractivity contribution is 5.99. The van der Waals surface area contributed by atoms with Crippen molar-refractivity contribution in [2.75, 3.05) is 37.8 Å². The first kappa shape index (κ1) is 15.1. The van der Waals surface area contributed by atoms with Crippen LogP contribution in [0.3, 0.4) is 0 Å². The van der Waals surface area contributed by atoms with Gasteiger partial charge in [0.1, 0.15) is 12.2 Å². The van der Waals surface area contributed by atoms with E-state index in [0.29, 0.717) is 32.0 Å². The Bertz CT molecular complexity index is 532. The maximum Gasteiger partial charge on any atom is 0.339 e. The van der Waals surface area contributed by atoms with E-state index in [1.54, 1.807) is 12.1 Å². The Kier molecular flexibility index (Phi) is 4.99. The van der Waals surface area contributed by atoms with Crippen molar-refractivity contribution in [3.8, 4) is 5.75 Å². The summed E-state index contributed by atoms with van der Waals surface area (Å²) in [6.07, 6.45) is 0.